The molecule has 0 heterocycles. The zero-order valence-electron chi connectivity index (χ0n) is 7.64. The molecule has 0 saturated heterocycles. The molecular formula is C9H16O2. The summed E-state index contributed by atoms with van der Waals surface area (Å²) in [5.74, 6) is 5.42. The van der Waals surface area contributed by atoms with Crippen molar-refractivity contribution in [2.45, 2.75) is 26.9 Å². The highest BCUT2D eigenvalue weighted by molar-refractivity contribution is 5.08. The smallest absolute Gasteiger partial charge is 0.119 e. The Morgan fingerprint density at radius 3 is 2.36 bits per heavy atom. The lowest BCUT2D eigenvalue weighted by Gasteiger charge is -2.20. The number of ether oxygens (including phenoxy) is 1. The van der Waals surface area contributed by atoms with Crippen LogP contribution in [-0.2, 0) is 4.74 Å². The van der Waals surface area contributed by atoms with Gasteiger partial charge in [-0.15, -0.1) is 0 Å². The maximum absolute atomic E-state index is 9.38. The van der Waals surface area contributed by atoms with Gasteiger partial charge in [-0.2, -0.15) is 0 Å². The molecule has 0 aromatic rings. The van der Waals surface area contributed by atoms with E-state index in [1.54, 1.807) is 7.11 Å². The average molecular weight is 156 g/mol. The molecule has 0 aromatic heterocycles. The van der Waals surface area contributed by atoms with Crippen LogP contribution in [0.1, 0.15) is 20.8 Å². The molecule has 64 valence electrons. The van der Waals surface area contributed by atoms with Crippen LogP contribution in [0.25, 0.3) is 0 Å². The molecule has 0 bridgehead atoms. The van der Waals surface area contributed by atoms with E-state index in [0.717, 1.165) is 0 Å². The van der Waals surface area contributed by atoms with Gasteiger partial charge in [0, 0.05) is 7.11 Å². The molecule has 0 aromatic carbocycles. The quantitative estimate of drug-likeness (QED) is 0.575. The molecule has 2 heteroatoms. The second-order valence-electron chi connectivity index (χ2n) is 3.52. The van der Waals surface area contributed by atoms with Crippen molar-refractivity contribution in [2.24, 2.45) is 5.41 Å². The zero-order chi connectivity index (χ0) is 8.91. The molecule has 0 saturated carbocycles. The normalized spacial score (nSPS) is 13.5. The molecule has 0 aliphatic rings. The summed E-state index contributed by atoms with van der Waals surface area (Å²) >= 11 is 0. The van der Waals surface area contributed by atoms with Gasteiger partial charge in [0.2, 0.25) is 0 Å². The molecule has 0 unspecified atom stereocenters. The monoisotopic (exact) mass is 156 g/mol. The summed E-state index contributed by atoms with van der Waals surface area (Å²) in [6.07, 6.45) is -0.572. The Bertz CT molecular complexity index is 157. The first-order valence-electron chi connectivity index (χ1n) is 3.64. The lowest BCUT2D eigenvalue weighted by molar-refractivity contribution is 0.113. The fourth-order valence-electron chi connectivity index (χ4n) is 0.427. The topological polar surface area (TPSA) is 29.5 Å². The molecule has 0 radical (unpaired) electrons. The molecular weight excluding hydrogens is 140 g/mol. The number of aliphatic hydroxyl groups is 1. The summed E-state index contributed by atoms with van der Waals surface area (Å²) in [5, 5.41) is 9.38. The highest BCUT2D eigenvalue weighted by Gasteiger charge is 2.19. The van der Waals surface area contributed by atoms with Crippen LogP contribution in [0.2, 0.25) is 0 Å². The van der Waals surface area contributed by atoms with Crippen LogP contribution in [0.3, 0.4) is 0 Å². The van der Waals surface area contributed by atoms with E-state index in [2.05, 4.69) is 11.8 Å². The average Bonchev–Trinajstić information content (AvgIpc) is 1.86. The van der Waals surface area contributed by atoms with Crippen LogP contribution in [0.5, 0.6) is 0 Å². The second kappa shape index (κ2) is 4.38. The van der Waals surface area contributed by atoms with Gasteiger partial charge in [-0.3, -0.25) is 0 Å². The lowest BCUT2D eigenvalue weighted by atomic mass is 9.90. The maximum atomic E-state index is 9.38. The Morgan fingerprint density at radius 1 is 1.45 bits per heavy atom. The highest BCUT2D eigenvalue weighted by atomic mass is 16.5. The van der Waals surface area contributed by atoms with E-state index in [1.807, 2.05) is 20.8 Å². The molecule has 2 nitrogen and oxygen atoms in total. The van der Waals surface area contributed by atoms with Gasteiger partial charge in [-0.05, 0) is 5.41 Å². The van der Waals surface area contributed by atoms with Gasteiger partial charge in [0.25, 0.3) is 0 Å². The molecule has 0 aliphatic carbocycles. The molecule has 0 fully saturated rings. The molecule has 0 amide bonds. The molecule has 0 aliphatic heterocycles. The molecule has 1 atom stereocenters. The molecule has 1 N–H and O–H groups in total. The van der Waals surface area contributed by atoms with Gasteiger partial charge in [-0.25, -0.2) is 0 Å². The predicted molar refractivity (Wildman–Crippen MR) is 45.1 cm³/mol. The summed E-state index contributed by atoms with van der Waals surface area (Å²) in [4.78, 5) is 0. The summed E-state index contributed by atoms with van der Waals surface area (Å²) in [7, 11) is 1.58. The van der Waals surface area contributed by atoms with E-state index in [0.29, 0.717) is 6.61 Å². The van der Waals surface area contributed by atoms with E-state index in [9.17, 15) is 5.11 Å². The van der Waals surface area contributed by atoms with Crippen molar-refractivity contribution < 1.29 is 9.84 Å². The van der Waals surface area contributed by atoms with Crippen molar-refractivity contribution in [1.82, 2.24) is 0 Å². The number of hydrogen-bond acceptors (Lipinski definition) is 2. The summed E-state index contributed by atoms with van der Waals surface area (Å²) < 4.78 is 4.72. The Kier molecular flexibility index (Phi) is 4.17. The summed E-state index contributed by atoms with van der Waals surface area (Å²) in [5.41, 5.74) is -0.166. The van der Waals surface area contributed by atoms with Crippen LogP contribution >= 0.6 is 0 Å². The first-order valence-corrected chi connectivity index (χ1v) is 3.64. The van der Waals surface area contributed by atoms with Gasteiger partial charge in [0.15, 0.2) is 0 Å². The van der Waals surface area contributed by atoms with Crippen molar-refractivity contribution >= 4 is 0 Å². The van der Waals surface area contributed by atoms with Gasteiger partial charge >= 0.3 is 0 Å². The molecule has 11 heavy (non-hydrogen) atoms. The number of methoxy groups -OCH3 is 1. The standard InChI is InChI=1S/C9H16O2/c1-9(2,3)8(10)6-5-7-11-4/h8,10H,7H2,1-4H3/t8-/m1/s1. The zero-order valence-corrected chi connectivity index (χ0v) is 7.64. The Labute approximate surface area is 68.6 Å². The second-order valence-corrected chi connectivity index (χ2v) is 3.52. The fourth-order valence-corrected chi connectivity index (χ4v) is 0.427. The Balaban J connectivity index is 3.89. The fraction of sp³-hybridized carbons (Fsp3) is 0.778. The van der Waals surface area contributed by atoms with Crippen LogP contribution < -0.4 is 0 Å². The van der Waals surface area contributed by atoms with Crippen molar-refractivity contribution in [3.05, 3.63) is 0 Å². The van der Waals surface area contributed by atoms with E-state index in [1.165, 1.54) is 0 Å². The minimum absolute atomic E-state index is 0.166. The van der Waals surface area contributed by atoms with E-state index in [-0.39, 0.29) is 5.41 Å². The number of rotatable bonds is 1. The predicted octanol–water partition coefficient (Wildman–Crippen LogP) is 1.04. The minimum atomic E-state index is -0.572. The first-order chi connectivity index (χ1) is 4.98. The van der Waals surface area contributed by atoms with Crippen LogP contribution in [-0.4, -0.2) is 24.9 Å². The van der Waals surface area contributed by atoms with Crippen molar-refractivity contribution in [1.29, 1.82) is 0 Å². The Morgan fingerprint density at radius 2 is 2.00 bits per heavy atom. The first kappa shape index (κ1) is 10.5. The van der Waals surface area contributed by atoms with E-state index >= 15 is 0 Å². The third-order valence-electron chi connectivity index (χ3n) is 1.28. The molecule has 0 rings (SSSR count). The van der Waals surface area contributed by atoms with Gasteiger partial charge < -0.3 is 9.84 Å². The minimum Gasteiger partial charge on any atom is -0.380 e. The van der Waals surface area contributed by atoms with Crippen LogP contribution in [0.15, 0.2) is 0 Å². The summed E-state index contributed by atoms with van der Waals surface area (Å²) in [6, 6.07) is 0. The maximum Gasteiger partial charge on any atom is 0.119 e. The number of hydrogen-bond donors (Lipinski definition) is 1. The van der Waals surface area contributed by atoms with Crippen molar-refractivity contribution in [3.8, 4) is 11.8 Å². The molecule has 0 spiro atoms. The van der Waals surface area contributed by atoms with Crippen LogP contribution in [0.4, 0.5) is 0 Å². The van der Waals surface area contributed by atoms with Crippen LogP contribution in [0, 0.1) is 17.3 Å². The number of aliphatic hydroxyl groups excluding tert-OH is 1. The van der Waals surface area contributed by atoms with Crippen molar-refractivity contribution in [3.63, 3.8) is 0 Å². The summed E-state index contributed by atoms with van der Waals surface area (Å²) in [6.45, 7) is 6.21. The van der Waals surface area contributed by atoms with Gasteiger partial charge in [0.1, 0.15) is 12.7 Å². The largest absolute Gasteiger partial charge is 0.380 e. The van der Waals surface area contributed by atoms with E-state index in [4.69, 9.17) is 4.74 Å². The lowest BCUT2D eigenvalue weighted by Crippen LogP contribution is -2.24. The van der Waals surface area contributed by atoms with Crippen molar-refractivity contribution in [2.75, 3.05) is 13.7 Å². The third kappa shape index (κ3) is 4.83. The highest BCUT2D eigenvalue weighted by Crippen LogP contribution is 2.17. The van der Waals surface area contributed by atoms with Gasteiger partial charge in [-0.1, -0.05) is 32.6 Å². The Hall–Kier alpha value is -0.520. The SMILES string of the molecule is COCC#C[C@@H](O)C(C)(C)C. The van der Waals surface area contributed by atoms with Gasteiger partial charge in [0.05, 0.1) is 0 Å². The third-order valence-corrected chi connectivity index (χ3v) is 1.28. The van der Waals surface area contributed by atoms with E-state index < -0.39 is 6.10 Å².